The van der Waals surface area contributed by atoms with Gasteiger partial charge in [-0.25, -0.2) is 0 Å². The summed E-state index contributed by atoms with van der Waals surface area (Å²) in [5.74, 6) is 0.174. The average molecular weight is 198 g/mol. The molecule has 0 heterocycles. The third-order valence-electron chi connectivity index (χ3n) is 2.95. The van der Waals surface area contributed by atoms with E-state index >= 15 is 0 Å². The minimum absolute atomic E-state index is 0.174. The third kappa shape index (κ3) is 2.27. The van der Waals surface area contributed by atoms with E-state index in [1.807, 2.05) is 4.90 Å². The fourth-order valence-corrected chi connectivity index (χ4v) is 1.94. The first-order valence-corrected chi connectivity index (χ1v) is 5.72. The van der Waals surface area contributed by atoms with Gasteiger partial charge in [0.25, 0.3) is 0 Å². The van der Waals surface area contributed by atoms with Crippen molar-refractivity contribution in [3.63, 3.8) is 0 Å². The zero-order valence-corrected chi connectivity index (χ0v) is 9.38. The van der Waals surface area contributed by atoms with Gasteiger partial charge in [-0.1, -0.05) is 13.8 Å². The molecule has 0 bridgehead atoms. The van der Waals surface area contributed by atoms with E-state index in [1.54, 1.807) is 0 Å². The van der Waals surface area contributed by atoms with E-state index in [-0.39, 0.29) is 5.91 Å². The Hall–Kier alpha value is -0.570. The first kappa shape index (κ1) is 11.5. The Morgan fingerprint density at radius 1 is 1.29 bits per heavy atom. The number of carbonyl (C=O) groups excluding carboxylic acids is 1. The van der Waals surface area contributed by atoms with Crippen molar-refractivity contribution in [2.45, 2.75) is 51.5 Å². The normalized spacial score (nSPS) is 18.8. The molecule has 82 valence electrons. The molecule has 1 amide bonds. The van der Waals surface area contributed by atoms with Crippen LogP contribution < -0.4 is 5.73 Å². The van der Waals surface area contributed by atoms with Crippen LogP contribution in [0.2, 0.25) is 0 Å². The highest BCUT2D eigenvalue weighted by molar-refractivity contribution is 5.87. The predicted octanol–water partition coefficient (Wildman–Crippen LogP) is 1.52. The summed E-state index contributed by atoms with van der Waals surface area (Å²) < 4.78 is 0. The van der Waals surface area contributed by atoms with Gasteiger partial charge in [0.15, 0.2) is 0 Å². The number of amides is 1. The van der Waals surface area contributed by atoms with Crippen LogP contribution in [-0.2, 0) is 4.79 Å². The summed E-state index contributed by atoms with van der Waals surface area (Å²) in [6.07, 6.45) is 4.88. The van der Waals surface area contributed by atoms with Crippen LogP contribution in [0.5, 0.6) is 0 Å². The lowest BCUT2D eigenvalue weighted by Crippen LogP contribution is -2.59. The van der Waals surface area contributed by atoms with Gasteiger partial charge in [0.05, 0.1) is 5.54 Å². The lowest BCUT2D eigenvalue weighted by Gasteiger charge is -2.40. The molecule has 0 saturated heterocycles. The zero-order chi connectivity index (χ0) is 10.6. The van der Waals surface area contributed by atoms with Crippen molar-refractivity contribution in [2.75, 3.05) is 13.1 Å². The van der Waals surface area contributed by atoms with Crippen LogP contribution in [0.15, 0.2) is 0 Å². The SMILES string of the molecule is CCCN(CCC)C(=O)C1(N)CCC1. The molecule has 0 aliphatic heterocycles. The number of nitrogens with zero attached hydrogens (tertiary/aromatic N) is 1. The minimum atomic E-state index is -0.510. The summed E-state index contributed by atoms with van der Waals surface area (Å²) in [7, 11) is 0. The summed E-state index contributed by atoms with van der Waals surface area (Å²) in [4.78, 5) is 14.0. The van der Waals surface area contributed by atoms with E-state index in [2.05, 4.69) is 13.8 Å². The van der Waals surface area contributed by atoms with Crippen LogP contribution >= 0.6 is 0 Å². The molecule has 1 saturated carbocycles. The zero-order valence-electron chi connectivity index (χ0n) is 9.38. The van der Waals surface area contributed by atoms with Gasteiger partial charge in [-0.15, -0.1) is 0 Å². The van der Waals surface area contributed by atoms with Crippen molar-refractivity contribution >= 4 is 5.91 Å². The van der Waals surface area contributed by atoms with E-state index in [1.165, 1.54) is 0 Å². The smallest absolute Gasteiger partial charge is 0.242 e. The highest BCUT2D eigenvalue weighted by atomic mass is 16.2. The quantitative estimate of drug-likeness (QED) is 0.728. The van der Waals surface area contributed by atoms with Gasteiger partial charge >= 0.3 is 0 Å². The standard InChI is InChI=1S/C11H22N2O/c1-3-8-13(9-4-2)10(14)11(12)6-5-7-11/h3-9,12H2,1-2H3. The second-order valence-corrected chi connectivity index (χ2v) is 4.30. The monoisotopic (exact) mass is 198 g/mol. The Morgan fingerprint density at radius 3 is 2.07 bits per heavy atom. The molecule has 0 spiro atoms. The molecule has 0 atom stereocenters. The van der Waals surface area contributed by atoms with Crippen molar-refractivity contribution in [3.05, 3.63) is 0 Å². The van der Waals surface area contributed by atoms with Gasteiger partial charge in [-0.2, -0.15) is 0 Å². The van der Waals surface area contributed by atoms with Crippen molar-refractivity contribution in [3.8, 4) is 0 Å². The highest BCUT2D eigenvalue weighted by Crippen LogP contribution is 2.31. The van der Waals surface area contributed by atoms with Gasteiger partial charge in [0.2, 0.25) is 5.91 Å². The maximum absolute atomic E-state index is 12.0. The molecule has 0 radical (unpaired) electrons. The fraction of sp³-hybridized carbons (Fsp3) is 0.909. The van der Waals surface area contributed by atoms with Crippen LogP contribution in [-0.4, -0.2) is 29.4 Å². The maximum Gasteiger partial charge on any atom is 0.242 e. The Labute approximate surface area is 86.6 Å². The van der Waals surface area contributed by atoms with E-state index in [4.69, 9.17) is 5.73 Å². The third-order valence-corrected chi connectivity index (χ3v) is 2.95. The maximum atomic E-state index is 12.0. The van der Waals surface area contributed by atoms with Gasteiger partial charge in [0, 0.05) is 13.1 Å². The molecule has 3 nitrogen and oxygen atoms in total. The summed E-state index contributed by atoms with van der Waals surface area (Å²) in [5.41, 5.74) is 5.51. The van der Waals surface area contributed by atoms with E-state index < -0.39 is 5.54 Å². The summed E-state index contributed by atoms with van der Waals surface area (Å²) in [5, 5.41) is 0. The molecule has 0 aromatic heterocycles. The first-order chi connectivity index (χ1) is 6.64. The van der Waals surface area contributed by atoms with Crippen molar-refractivity contribution in [1.29, 1.82) is 0 Å². The molecule has 1 aliphatic carbocycles. The van der Waals surface area contributed by atoms with E-state index in [0.29, 0.717) is 0 Å². The van der Waals surface area contributed by atoms with Crippen LogP contribution in [0.3, 0.4) is 0 Å². The minimum Gasteiger partial charge on any atom is -0.341 e. The Kier molecular flexibility index (Phi) is 3.93. The highest BCUT2D eigenvalue weighted by Gasteiger charge is 2.42. The van der Waals surface area contributed by atoms with Gasteiger partial charge in [-0.3, -0.25) is 4.79 Å². The molecule has 0 aromatic rings. The van der Waals surface area contributed by atoms with Crippen LogP contribution in [0.4, 0.5) is 0 Å². The average Bonchev–Trinajstić information content (AvgIpc) is 2.13. The summed E-state index contributed by atoms with van der Waals surface area (Å²) in [6, 6.07) is 0. The van der Waals surface area contributed by atoms with Crippen LogP contribution in [0.1, 0.15) is 46.0 Å². The first-order valence-electron chi connectivity index (χ1n) is 5.72. The molecular weight excluding hydrogens is 176 g/mol. The van der Waals surface area contributed by atoms with Gasteiger partial charge in [0.1, 0.15) is 0 Å². The molecule has 14 heavy (non-hydrogen) atoms. The summed E-state index contributed by atoms with van der Waals surface area (Å²) in [6.45, 7) is 5.90. The van der Waals surface area contributed by atoms with Gasteiger partial charge < -0.3 is 10.6 Å². The molecule has 0 aromatic carbocycles. The number of nitrogens with two attached hydrogens (primary N) is 1. The van der Waals surface area contributed by atoms with Gasteiger partial charge in [-0.05, 0) is 32.1 Å². The Balaban J connectivity index is 2.53. The largest absolute Gasteiger partial charge is 0.341 e. The van der Waals surface area contributed by atoms with E-state index in [9.17, 15) is 4.79 Å². The Morgan fingerprint density at radius 2 is 1.79 bits per heavy atom. The van der Waals surface area contributed by atoms with Crippen LogP contribution in [0.25, 0.3) is 0 Å². The second kappa shape index (κ2) is 4.78. The van der Waals surface area contributed by atoms with Crippen molar-refractivity contribution in [2.24, 2.45) is 5.73 Å². The lowest BCUT2D eigenvalue weighted by atomic mass is 9.76. The number of rotatable bonds is 5. The molecule has 1 fully saturated rings. The predicted molar refractivity (Wildman–Crippen MR) is 57.9 cm³/mol. The van der Waals surface area contributed by atoms with Crippen LogP contribution in [0, 0.1) is 0 Å². The Bertz CT molecular complexity index is 193. The van der Waals surface area contributed by atoms with Crippen molar-refractivity contribution < 1.29 is 4.79 Å². The van der Waals surface area contributed by atoms with Crippen molar-refractivity contribution in [1.82, 2.24) is 4.90 Å². The molecule has 2 N–H and O–H groups in total. The van der Waals surface area contributed by atoms with E-state index in [0.717, 1.165) is 45.2 Å². The topological polar surface area (TPSA) is 46.3 Å². The molecule has 1 rings (SSSR count). The molecule has 1 aliphatic rings. The fourth-order valence-electron chi connectivity index (χ4n) is 1.94. The second-order valence-electron chi connectivity index (χ2n) is 4.30. The summed E-state index contributed by atoms with van der Waals surface area (Å²) >= 11 is 0. The number of carbonyl (C=O) groups is 1. The number of hydrogen-bond donors (Lipinski definition) is 1. The molecule has 3 heteroatoms. The molecule has 0 unspecified atom stereocenters. The lowest BCUT2D eigenvalue weighted by molar-refractivity contribution is -0.140. The number of hydrogen-bond acceptors (Lipinski definition) is 2. The molecular formula is C11H22N2O.